The van der Waals surface area contributed by atoms with Gasteiger partial charge in [0.25, 0.3) is 0 Å². The fourth-order valence-corrected chi connectivity index (χ4v) is 0.504. The van der Waals surface area contributed by atoms with Gasteiger partial charge in [0.15, 0.2) is 0 Å². The van der Waals surface area contributed by atoms with E-state index in [0.717, 1.165) is 0 Å². The number of hydrogen-bond acceptors (Lipinski definition) is 0. The van der Waals surface area contributed by atoms with E-state index in [1.807, 2.05) is 59.8 Å². The predicted octanol–water partition coefficient (Wildman–Crippen LogP) is 4.75. The molecule has 12 heavy (non-hydrogen) atoms. The minimum atomic E-state index is 1.24. The third-order valence-corrected chi connectivity index (χ3v) is 0.810. The molecule has 0 aliphatic carbocycles. The Morgan fingerprint density at radius 2 is 1.50 bits per heavy atom. The molecule has 0 aromatic rings. The molecular weight excluding hydrogens is 144 g/mol. The largest absolute Gasteiger partial charge is 0.0991 e. The van der Waals surface area contributed by atoms with Gasteiger partial charge in [0.2, 0.25) is 0 Å². The van der Waals surface area contributed by atoms with E-state index < -0.39 is 0 Å². The van der Waals surface area contributed by atoms with Crippen molar-refractivity contribution in [1.29, 1.82) is 0 Å². The maximum absolute atomic E-state index is 3.57. The lowest BCUT2D eigenvalue weighted by Crippen LogP contribution is -1.61. The molecule has 0 heteroatoms. The second-order valence-corrected chi connectivity index (χ2v) is 1.65. The van der Waals surface area contributed by atoms with E-state index in [2.05, 4.69) is 6.58 Å². The van der Waals surface area contributed by atoms with Crippen LogP contribution >= 0.6 is 0 Å². The van der Waals surface area contributed by atoms with Crippen LogP contribution in [0.3, 0.4) is 0 Å². The van der Waals surface area contributed by atoms with Crippen molar-refractivity contribution in [3.8, 4) is 0 Å². The first kappa shape index (κ1) is 17.3. The van der Waals surface area contributed by atoms with Gasteiger partial charge in [-0.2, -0.15) is 0 Å². The SMILES string of the molecule is C=C/C=C(C)\C=C/C.CC.CC. The Morgan fingerprint density at radius 1 is 1.08 bits per heavy atom. The highest BCUT2D eigenvalue weighted by Gasteiger charge is 1.71. The minimum absolute atomic E-state index is 1.24. The number of hydrogen-bond donors (Lipinski definition) is 0. The summed E-state index contributed by atoms with van der Waals surface area (Å²) in [6.45, 7) is 15.6. The molecule has 0 saturated heterocycles. The molecule has 0 rings (SSSR count). The van der Waals surface area contributed by atoms with Crippen molar-refractivity contribution < 1.29 is 0 Å². The molecule has 0 aromatic carbocycles. The molecule has 0 saturated carbocycles. The Kier molecular flexibility index (Phi) is 32.5. The zero-order chi connectivity index (χ0) is 10.4. The first-order chi connectivity index (χ1) is 5.81. The fourth-order valence-electron chi connectivity index (χ4n) is 0.504. The maximum Gasteiger partial charge on any atom is -0.0398 e. The van der Waals surface area contributed by atoms with Gasteiger partial charge in [0, 0.05) is 0 Å². The average Bonchev–Trinajstić information content (AvgIpc) is 2.12. The Balaban J connectivity index is -0.000000175. The Bertz CT molecular complexity index is 116. The molecule has 0 aromatic heterocycles. The van der Waals surface area contributed by atoms with Crippen LogP contribution in [-0.4, -0.2) is 0 Å². The van der Waals surface area contributed by atoms with E-state index in [1.54, 1.807) is 6.08 Å². The quantitative estimate of drug-likeness (QED) is 0.522. The van der Waals surface area contributed by atoms with Crippen LogP contribution < -0.4 is 0 Å². The molecule has 0 unspecified atom stereocenters. The van der Waals surface area contributed by atoms with Gasteiger partial charge in [-0.3, -0.25) is 0 Å². The van der Waals surface area contributed by atoms with Crippen LogP contribution in [0.5, 0.6) is 0 Å². The summed E-state index contributed by atoms with van der Waals surface area (Å²) in [5.74, 6) is 0. The van der Waals surface area contributed by atoms with Crippen molar-refractivity contribution >= 4 is 0 Å². The fraction of sp³-hybridized carbons (Fsp3) is 0.500. The third-order valence-electron chi connectivity index (χ3n) is 0.810. The van der Waals surface area contributed by atoms with Gasteiger partial charge in [-0.05, 0) is 13.8 Å². The van der Waals surface area contributed by atoms with Crippen LogP contribution in [0.1, 0.15) is 41.5 Å². The van der Waals surface area contributed by atoms with Gasteiger partial charge in [-0.1, -0.05) is 64.2 Å². The van der Waals surface area contributed by atoms with Gasteiger partial charge in [-0.15, -0.1) is 0 Å². The van der Waals surface area contributed by atoms with Crippen LogP contribution in [0.15, 0.2) is 36.5 Å². The molecule has 0 heterocycles. The second kappa shape index (κ2) is 22.5. The Labute approximate surface area is 78.7 Å². The zero-order valence-corrected chi connectivity index (χ0v) is 9.52. The molecule has 0 spiro atoms. The van der Waals surface area contributed by atoms with Crippen LogP contribution in [0.4, 0.5) is 0 Å². The molecule has 0 nitrogen and oxygen atoms in total. The van der Waals surface area contributed by atoms with Crippen LogP contribution in [0, 0.1) is 0 Å². The molecule has 0 atom stereocenters. The smallest absolute Gasteiger partial charge is 0.0398 e. The van der Waals surface area contributed by atoms with Gasteiger partial charge in [0.1, 0.15) is 0 Å². The first-order valence-corrected chi connectivity index (χ1v) is 4.73. The van der Waals surface area contributed by atoms with Crippen LogP contribution in [0.2, 0.25) is 0 Å². The summed E-state index contributed by atoms with van der Waals surface area (Å²) in [6.07, 6.45) is 7.81. The maximum atomic E-state index is 3.57. The minimum Gasteiger partial charge on any atom is -0.0991 e. The van der Waals surface area contributed by atoms with E-state index in [0.29, 0.717) is 0 Å². The lowest BCUT2D eigenvalue weighted by Gasteiger charge is -1.82. The molecule has 0 aliphatic heterocycles. The molecule has 0 amide bonds. The van der Waals surface area contributed by atoms with Gasteiger partial charge in [0.05, 0.1) is 0 Å². The summed E-state index contributed by atoms with van der Waals surface area (Å²) in [5.41, 5.74) is 1.24. The van der Waals surface area contributed by atoms with Crippen molar-refractivity contribution in [2.24, 2.45) is 0 Å². The van der Waals surface area contributed by atoms with Crippen molar-refractivity contribution in [1.82, 2.24) is 0 Å². The summed E-state index contributed by atoms with van der Waals surface area (Å²) < 4.78 is 0. The lowest BCUT2D eigenvalue weighted by molar-refractivity contribution is 1.50. The van der Waals surface area contributed by atoms with Crippen molar-refractivity contribution in [3.05, 3.63) is 36.5 Å². The van der Waals surface area contributed by atoms with E-state index in [4.69, 9.17) is 0 Å². The number of rotatable bonds is 2. The average molecular weight is 168 g/mol. The van der Waals surface area contributed by atoms with Gasteiger partial charge in [-0.25, -0.2) is 0 Å². The van der Waals surface area contributed by atoms with Gasteiger partial charge < -0.3 is 0 Å². The summed E-state index contributed by atoms with van der Waals surface area (Å²) in [7, 11) is 0. The van der Waals surface area contributed by atoms with E-state index in [9.17, 15) is 0 Å². The zero-order valence-electron chi connectivity index (χ0n) is 9.52. The normalized spacial score (nSPS) is 9.33. The predicted molar refractivity (Wildman–Crippen MR) is 61.5 cm³/mol. The third kappa shape index (κ3) is 22.9. The summed E-state index contributed by atoms with van der Waals surface area (Å²) in [6, 6.07) is 0. The Hall–Kier alpha value is -0.780. The van der Waals surface area contributed by atoms with Crippen molar-refractivity contribution in [2.75, 3.05) is 0 Å². The Morgan fingerprint density at radius 3 is 1.75 bits per heavy atom. The standard InChI is InChI=1S/C8H12.2C2H6/c1-4-6-8(3)7-5-2;2*1-2/h4-7H,1H2,2-3H3;2*1-2H3/b7-5-,8-6-;;. The second-order valence-electron chi connectivity index (χ2n) is 1.65. The molecule has 0 aliphatic rings. The van der Waals surface area contributed by atoms with Crippen LogP contribution in [0.25, 0.3) is 0 Å². The highest BCUT2D eigenvalue weighted by atomic mass is 13.8. The van der Waals surface area contributed by atoms with E-state index in [-0.39, 0.29) is 0 Å². The van der Waals surface area contributed by atoms with Crippen molar-refractivity contribution in [2.45, 2.75) is 41.5 Å². The molecule has 0 bridgehead atoms. The molecular formula is C12H24. The molecule has 0 N–H and O–H groups in total. The summed E-state index contributed by atoms with van der Waals surface area (Å²) in [4.78, 5) is 0. The highest BCUT2D eigenvalue weighted by molar-refractivity contribution is 5.19. The van der Waals surface area contributed by atoms with Crippen molar-refractivity contribution in [3.63, 3.8) is 0 Å². The first-order valence-electron chi connectivity index (χ1n) is 4.73. The van der Waals surface area contributed by atoms with E-state index >= 15 is 0 Å². The summed E-state index contributed by atoms with van der Waals surface area (Å²) >= 11 is 0. The van der Waals surface area contributed by atoms with Gasteiger partial charge >= 0.3 is 0 Å². The van der Waals surface area contributed by atoms with Crippen LogP contribution in [-0.2, 0) is 0 Å². The lowest BCUT2D eigenvalue weighted by atomic mass is 10.2. The molecule has 0 radical (unpaired) electrons. The van der Waals surface area contributed by atoms with E-state index in [1.165, 1.54) is 5.57 Å². The monoisotopic (exact) mass is 168 g/mol. The highest BCUT2D eigenvalue weighted by Crippen LogP contribution is 1.92. The number of allylic oxidation sites excluding steroid dienone is 5. The topological polar surface area (TPSA) is 0 Å². The molecule has 72 valence electrons. The molecule has 0 fully saturated rings. The summed E-state index contributed by atoms with van der Waals surface area (Å²) in [5, 5.41) is 0.